The Balaban J connectivity index is 1.80. The fourth-order valence-electron chi connectivity index (χ4n) is 4.16. The van der Waals surface area contributed by atoms with Crippen molar-refractivity contribution in [3.63, 3.8) is 0 Å². The summed E-state index contributed by atoms with van der Waals surface area (Å²) in [5, 5.41) is 0. The van der Waals surface area contributed by atoms with Crippen LogP contribution < -0.4 is 0 Å². The lowest BCUT2D eigenvalue weighted by Crippen LogP contribution is -2.38. The maximum atomic E-state index is 12.5. The second-order valence-electron chi connectivity index (χ2n) is 7.13. The predicted molar refractivity (Wildman–Crippen MR) is 90.3 cm³/mol. The van der Waals surface area contributed by atoms with E-state index in [1.807, 2.05) is 12.1 Å². The molecule has 1 aromatic rings. The van der Waals surface area contributed by atoms with Crippen molar-refractivity contribution in [1.29, 1.82) is 0 Å². The van der Waals surface area contributed by atoms with Crippen LogP contribution in [0, 0.1) is 16.7 Å². The molecule has 2 saturated carbocycles. The van der Waals surface area contributed by atoms with Crippen molar-refractivity contribution in [2.24, 2.45) is 16.7 Å². The van der Waals surface area contributed by atoms with Crippen LogP contribution in [0.15, 0.2) is 27.1 Å². The van der Waals surface area contributed by atoms with Gasteiger partial charge in [0.2, 0.25) is 0 Å². The Kier molecular flexibility index (Phi) is 3.77. The topological polar surface area (TPSA) is 26.3 Å². The first-order chi connectivity index (χ1) is 9.75. The Hall–Kier alpha value is -0.350. The number of ether oxygens (including phenoxy) is 1. The van der Waals surface area contributed by atoms with E-state index in [9.17, 15) is 4.79 Å². The average molecular weight is 416 g/mol. The van der Waals surface area contributed by atoms with Crippen molar-refractivity contribution < 1.29 is 9.53 Å². The molecule has 2 fully saturated rings. The van der Waals surface area contributed by atoms with Crippen LogP contribution in [0.1, 0.15) is 50.4 Å². The minimum atomic E-state index is -0.219. The summed E-state index contributed by atoms with van der Waals surface area (Å²) < 4.78 is 7.62. The minimum absolute atomic E-state index is 0.0364. The molecule has 1 aromatic carbocycles. The molecule has 114 valence electrons. The Labute approximate surface area is 142 Å². The molecule has 0 aliphatic heterocycles. The molecule has 0 aromatic heterocycles. The van der Waals surface area contributed by atoms with Crippen molar-refractivity contribution in [2.75, 3.05) is 0 Å². The summed E-state index contributed by atoms with van der Waals surface area (Å²) in [4.78, 5) is 12.5. The summed E-state index contributed by atoms with van der Waals surface area (Å²) >= 11 is 6.84. The number of hydrogen-bond donors (Lipinski definition) is 0. The maximum absolute atomic E-state index is 12.5. The van der Waals surface area contributed by atoms with Gasteiger partial charge in [-0.1, -0.05) is 36.7 Å². The van der Waals surface area contributed by atoms with Crippen LogP contribution in [-0.2, 0) is 4.74 Å². The normalized spacial score (nSPS) is 33.2. The van der Waals surface area contributed by atoms with Crippen LogP contribution in [0.25, 0.3) is 0 Å². The molecule has 2 nitrogen and oxygen atoms in total. The van der Waals surface area contributed by atoms with Gasteiger partial charge in [0, 0.05) is 14.4 Å². The second-order valence-corrected chi connectivity index (χ2v) is 8.90. The zero-order chi connectivity index (χ0) is 15.4. The first-order valence-corrected chi connectivity index (χ1v) is 9.00. The quantitative estimate of drug-likeness (QED) is 0.589. The van der Waals surface area contributed by atoms with Crippen molar-refractivity contribution in [3.8, 4) is 0 Å². The highest BCUT2D eigenvalue weighted by atomic mass is 79.9. The molecule has 0 radical (unpaired) electrons. The summed E-state index contributed by atoms with van der Waals surface area (Å²) in [6, 6.07) is 5.55. The van der Waals surface area contributed by atoms with Gasteiger partial charge < -0.3 is 4.74 Å². The Morgan fingerprint density at radius 2 is 2.00 bits per heavy atom. The van der Waals surface area contributed by atoms with E-state index in [0.29, 0.717) is 11.5 Å². The number of hydrogen-bond acceptors (Lipinski definition) is 2. The summed E-state index contributed by atoms with van der Waals surface area (Å²) in [6.07, 6.45) is 3.46. The highest BCUT2D eigenvalue weighted by molar-refractivity contribution is 9.11. The molecule has 0 spiro atoms. The van der Waals surface area contributed by atoms with Crippen LogP contribution in [0.2, 0.25) is 0 Å². The number of rotatable bonds is 2. The summed E-state index contributed by atoms with van der Waals surface area (Å²) in [5.74, 6) is 0.456. The van der Waals surface area contributed by atoms with E-state index in [1.54, 1.807) is 6.07 Å². The van der Waals surface area contributed by atoms with Crippen LogP contribution >= 0.6 is 31.9 Å². The zero-order valence-corrected chi connectivity index (χ0v) is 15.8. The van der Waals surface area contributed by atoms with Crippen LogP contribution in [0.3, 0.4) is 0 Å². The lowest BCUT2D eigenvalue weighted by atomic mass is 9.70. The van der Waals surface area contributed by atoms with Gasteiger partial charge in [-0.15, -0.1) is 0 Å². The van der Waals surface area contributed by atoms with E-state index in [4.69, 9.17) is 4.74 Å². The van der Waals surface area contributed by atoms with Crippen molar-refractivity contribution in [3.05, 3.63) is 32.7 Å². The maximum Gasteiger partial charge on any atom is 0.339 e. The van der Waals surface area contributed by atoms with Gasteiger partial charge in [0.05, 0.1) is 5.56 Å². The zero-order valence-electron chi connectivity index (χ0n) is 12.6. The van der Waals surface area contributed by atoms with Gasteiger partial charge in [0.1, 0.15) is 6.10 Å². The molecule has 0 amide bonds. The number of esters is 1. The molecule has 3 atom stereocenters. The lowest BCUT2D eigenvalue weighted by Gasteiger charge is -2.38. The molecule has 2 aliphatic rings. The van der Waals surface area contributed by atoms with Gasteiger partial charge in [0.25, 0.3) is 0 Å². The highest BCUT2D eigenvalue weighted by Crippen LogP contribution is 2.66. The molecular weight excluding hydrogens is 396 g/mol. The molecule has 2 bridgehead atoms. The van der Waals surface area contributed by atoms with Gasteiger partial charge in [0.15, 0.2) is 0 Å². The third kappa shape index (κ3) is 2.29. The average Bonchev–Trinajstić information content (AvgIpc) is 2.71. The largest absolute Gasteiger partial charge is 0.458 e. The van der Waals surface area contributed by atoms with Gasteiger partial charge in [-0.3, -0.25) is 0 Å². The van der Waals surface area contributed by atoms with Crippen molar-refractivity contribution >= 4 is 37.8 Å². The van der Waals surface area contributed by atoms with E-state index in [-0.39, 0.29) is 22.9 Å². The second kappa shape index (κ2) is 5.09. The molecule has 0 N–H and O–H groups in total. The van der Waals surface area contributed by atoms with Gasteiger partial charge in [-0.2, -0.15) is 0 Å². The van der Waals surface area contributed by atoms with E-state index in [0.717, 1.165) is 21.8 Å². The molecule has 3 rings (SSSR count). The van der Waals surface area contributed by atoms with E-state index in [2.05, 4.69) is 52.6 Å². The fourth-order valence-corrected chi connectivity index (χ4v) is 5.37. The first kappa shape index (κ1) is 15.5. The first-order valence-electron chi connectivity index (χ1n) is 7.42. The lowest BCUT2D eigenvalue weighted by molar-refractivity contribution is -0.0243. The summed E-state index contributed by atoms with van der Waals surface area (Å²) in [5.41, 5.74) is 0.965. The van der Waals surface area contributed by atoms with Crippen LogP contribution in [0.5, 0.6) is 0 Å². The Morgan fingerprint density at radius 3 is 2.52 bits per heavy atom. The molecule has 0 heterocycles. The fraction of sp³-hybridized carbons (Fsp3) is 0.588. The van der Waals surface area contributed by atoms with E-state index in [1.165, 1.54) is 6.42 Å². The monoisotopic (exact) mass is 414 g/mol. The highest BCUT2D eigenvalue weighted by Gasteiger charge is 2.62. The van der Waals surface area contributed by atoms with Gasteiger partial charge in [-0.25, -0.2) is 4.79 Å². The van der Waals surface area contributed by atoms with Gasteiger partial charge in [-0.05, 0) is 64.7 Å². The number of carbonyl (C=O) groups is 1. The Bertz CT molecular complexity index is 596. The standard InChI is InChI=1S/C17H20Br2O2/c1-16(2)10-6-7-17(16,3)14(8-10)21-15(20)12-5-4-11(18)9-13(12)19/h4-5,9-10,14H,6-8H2,1-3H3. The van der Waals surface area contributed by atoms with E-state index < -0.39 is 0 Å². The number of fused-ring (bicyclic) bond motifs is 2. The number of halogens is 2. The Morgan fingerprint density at radius 1 is 1.29 bits per heavy atom. The molecular formula is C17H20Br2O2. The molecule has 2 aliphatic carbocycles. The van der Waals surface area contributed by atoms with Crippen LogP contribution in [0.4, 0.5) is 0 Å². The summed E-state index contributed by atoms with van der Waals surface area (Å²) in [6.45, 7) is 6.94. The third-order valence-corrected chi connectivity index (χ3v) is 7.26. The summed E-state index contributed by atoms with van der Waals surface area (Å²) in [7, 11) is 0. The van der Waals surface area contributed by atoms with Crippen molar-refractivity contribution in [1.82, 2.24) is 0 Å². The molecule has 21 heavy (non-hydrogen) atoms. The molecule has 4 heteroatoms. The molecule has 0 saturated heterocycles. The van der Waals surface area contributed by atoms with Crippen LogP contribution in [-0.4, -0.2) is 12.1 Å². The van der Waals surface area contributed by atoms with Gasteiger partial charge >= 0.3 is 5.97 Å². The smallest absolute Gasteiger partial charge is 0.339 e. The number of benzene rings is 1. The van der Waals surface area contributed by atoms with Crippen molar-refractivity contribution in [2.45, 2.75) is 46.1 Å². The predicted octanol–water partition coefficient (Wildman–Crippen LogP) is 5.58. The van der Waals surface area contributed by atoms with E-state index >= 15 is 0 Å². The SMILES string of the molecule is CC1(C)C2CCC1(C)C(OC(=O)c1ccc(Br)cc1Br)C2. The number of carbonyl (C=O) groups excluding carboxylic acids is 1. The third-order valence-electron chi connectivity index (χ3n) is 6.11. The minimum Gasteiger partial charge on any atom is -0.458 e. The molecule has 3 unspecified atom stereocenters.